The number of nitrogens with zero attached hydrogens (tertiary/aromatic N) is 18. The third kappa shape index (κ3) is 17.4. The van der Waals surface area contributed by atoms with Crippen molar-refractivity contribution in [3.8, 4) is 50.8 Å². The van der Waals surface area contributed by atoms with Crippen LogP contribution in [-0.4, -0.2) is 210 Å². The zero-order valence-corrected chi connectivity index (χ0v) is 81.4. The monoisotopic (exact) mass is 1920 g/mol. The number of nitrogens with one attached hydrogen (secondary N) is 1. The summed E-state index contributed by atoms with van der Waals surface area (Å²) in [6.45, 7) is 39.0. The molecule has 712 valence electrons. The van der Waals surface area contributed by atoms with Crippen LogP contribution in [0.3, 0.4) is 0 Å². The van der Waals surface area contributed by atoms with Crippen LogP contribution in [-0.2, 0) is 19.2 Å². The Hall–Kier alpha value is -13.7. The average Bonchev–Trinajstić information content (AvgIpc) is 0.738. The Morgan fingerprint density at radius 1 is 0.467 bits per heavy atom. The van der Waals surface area contributed by atoms with E-state index in [0.717, 1.165) is 41.0 Å². The van der Waals surface area contributed by atoms with Crippen LogP contribution in [0.5, 0.6) is 0 Å². The molecule has 4 amide bonds. The van der Waals surface area contributed by atoms with E-state index in [0.29, 0.717) is 147 Å². The normalized spacial score (nSPS) is 17.8. The number of hydrogen-bond donors (Lipinski definition) is 4. The number of nitrogen functional groups attached to an aromatic ring is 3. The fourth-order valence-corrected chi connectivity index (χ4v) is 20.6. The number of pyridine rings is 9. The van der Waals surface area contributed by atoms with Gasteiger partial charge in [0.25, 0.3) is 16.7 Å². The molecule has 0 saturated carbocycles. The Morgan fingerprint density at radius 3 is 1.20 bits per heavy atom. The summed E-state index contributed by atoms with van der Waals surface area (Å²) in [6.07, 6.45) is 9.82. The molecule has 12 aromatic rings. The number of aromatic nitrogens is 9. The smallest absolute Gasteiger partial charge is 0.282 e. The molecule has 3 aromatic carbocycles. The molecule has 6 unspecified atom stereocenters. The molecule has 3 fully saturated rings. The second-order valence-corrected chi connectivity index (χ2v) is 38.5. The Bertz CT molecular complexity index is 7210. The number of amides is 4. The molecule has 29 nitrogen and oxygen atoms in total. The largest absolute Gasteiger partial charge is 0.399 e. The van der Waals surface area contributed by atoms with Gasteiger partial charge in [0.2, 0.25) is 23.6 Å². The van der Waals surface area contributed by atoms with Crippen molar-refractivity contribution in [1.29, 1.82) is 0 Å². The van der Waals surface area contributed by atoms with Gasteiger partial charge < -0.3 is 66.6 Å². The van der Waals surface area contributed by atoms with E-state index in [4.69, 9.17) is 71.9 Å². The van der Waals surface area contributed by atoms with Crippen LogP contribution < -0.4 is 63.7 Å². The number of hydrogen-bond acceptors (Lipinski definition) is 22. The first-order valence-corrected chi connectivity index (χ1v) is 46.7. The van der Waals surface area contributed by atoms with Crippen LogP contribution in [0.4, 0.5) is 64.4 Å². The van der Waals surface area contributed by atoms with Crippen molar-refractivity contribution >= 4 is 143 Å². The molecular weight excluding hydrogens is 1810 g/mol. The highest BCUT2D eigenvalue weighted by Crippen LogP contribution is 2.49. The van der Waals surface area contributed by atoms with E-state index >= 15 is 18.0 Å². The number of carbonyl (C=O) groups excluding carboxylic acids is 4. The highest BCUT2D eigenvalue weighted by molar-refractivity contribution is 6.34. The van der Waals surface area contributed by atoms with Gasteiger partial charge in [-0.25, -0.2) is 28.1 Å². The number of halogens is 6. The topological polar surface area (TPSA) is 331 Å². The molecule has 9 aromatic heterocycles. The van der Waals surface area contributed by atoms with Gasteiger partial charge in [-0.1, -0.05) is 96.1 Å². The molecule has 0 bridgehead atoms. The number of piperazine rings is 3. The van der Waals surface area contributed by atoms with Gasteiger partial charge in [0.1, 0.15) is 57.6 Å². The Kier molecular flexibility index (Phi) is 26.8. The molecule has 6 aliphatic heterocycles. The maximum atomic E-state index is 16.5. The molecule has 35 heteroatoms. The molecule has 7 N–H and O–H groups in total. The fourth-order valence-electron chi connectivity index (χ4n) is 20.0. The summed E-state index contributed by atoms with van der Waals surface area (Å²) in [6, 6.07) is 22.3. The molecule has 0 aliphatic carbocycles. The Morgan fingerprint density at radius 2 is 0.818 bits per heavy atom. The minimum Gasteiger partial charge on any atom is -0.399 e. The van der Waals surface area contributed by atoms with Gasteiger partial charge >= 0.3 is 0 Å². The zero-order valence-electron chi connectivity index (χ0n) is 79.1. The van der Waals surface area contributed by atoms with Crippen LogP contribution in [0.2, 0.25) is 15.1 Å². The average molecular weight is 1920 g/mol. The van der Waals surface area contributed by atoms with E-state index in [9.17, 15) is 28.8 Å². The third-order valence-corrected chi connectivity index (χ3v) is 27.5. The number of carbonyl (C=O) groups is 4. The molecular formula is C102H110Cl3F3N22O7. The van der Waals surface area contributed by atoms with Crippen LogP contribution in [0.1, 0.15) is 120 Å². The maximum Gasteiger partial charge on any atom is 0.282 e. The van der Waals surface area contributed by atoms with E-state index in [-0.39, 0.29) is 145 Å². The molecule has 15 heterocycles. The van der Waals surface area contributed by atoms with Crippen molar-refractivity contribution in [1.82, 2.24) is 63.2 Å². The molecule has 3 saturated heterocycles. The molecule has 0 radical (unpaired) electrons. The van der Waals surface area contributed by atoms with Gasteiger partial charge in [-0.3, -0.25) is 62.2 Å². The van der Waals surface area contributed by atoms with Crippen LogP contribution in [0, 0.1) is 38.2 Å². The predicted molar refractivity (Wildman–Crippen MR) is 541 cm³/mol. The minimum atomic E-state index is -0.821. The maximum absolute atomic E-state index is 16.5. The molecule has 18 rings (SSSR count). The summed E-state index contributed by atoms with van der Waals surface area (Å²) in [4.78, 5) is 142. The zero-order chi connectivity index (χ0) is 98.5. The standard InChI is InChI=1S/C37H44ClFN8O2.C33H35ClFN7O2.C32H31ClFN7O3/c1-8-30(48)45-20-25-19-44(15-9-14-43(6)7)35-34(46(25)18-23(45)5)27-17-29(39)32(26-16-24(40)10-11-28(26)38)42-36(27)47(37(35)49)33-22(4)12-13-41-31(33)21(2)3;1-7-26(43)40-16-21-15-39(6)31-30(41(21)14-19(40)5)23-13-25(35)28(22-12-20(36)8-9-24(22)34)38-32(23)42(33(31)44)29-18(4)10-11-37-27(29)17(2)3;1-6-24(42)39-14-23-31(43)38-27-29(40(23)13-17(39)5)20-12-22(34)26(19-11-18(35)7-8-21(19)33)37-30(20)41(32(27)44)28-16(4)9-10-36-25(28)15(2)3/h8,10-13,16-17,21,23,25H,1,9,14-15,18-20,40H2,2-7H3;7-13,17,19,21H,1,14-16,36H2,2-6H3;6-12,15,17,23H,1,13-14,35H2,2-5H3,(H,38,43). The lowest BCUT2D eigenvalue weighted by molar-refractivity contribution is -0.131. The van der Waals surface area contributed by atoms with E-state index < -0.39 is 35.0 Å². The summed E-state index contributed by atoms with van der Waals surface area (Å²) < 4.78 is 53.6. The van der Waals surface area contributed by atoms with E-state index in [2.05, 4.69) is 54.6 Å². The first-order valence-electron chi connectivity index (χ1n) is 45.6. The lowest BCUT2D eigenvalue weighted by atomic mass is 9.98. The lowest BCUT2D eigenvalue weighted by Crippen LogP contribution is -2.64. The van der Waals surface area contributed by atoms with E-state index in [1.807, 2.05) is 126 Å². The molecule has 6 atom stereocenters. The third-order valence-electron chi connectivity index (χ3n) is 26.5. The lowest BCUT2D eigenvalue weighted by Gasteiger charge is -2.51. The van der Waals surface area contributed by atoms with Crippen LogP contribution in [0.15, 0.2) is 162 Å². The van der Waals surface area contributed by atoms with E-state index in [1.54, 1.807) is 97.0 Å². The predicted octanol–water partition coefficient (Wildman–Crippen LogP) is 15.7. The number of fused-ring (bicyclic) bond motifs is 15. The SMILES string of the molecule is C=CC(=O)N1CC2C(=O)Nc3c(c4cc(F)c(-c5cc(N)ccc5Cl)nc4n(-c4c(C)ccnc4C(C)C)c3=O)N2CC1C.C=CC(=O)N1CC2CN(C)c3c(c4cc(F)c(-c5cc(N)ccc5Cl)nc4n(-c4c(C)ccnc4C(C)C)c3=O)N2CC1C.C=CC(=O)N1CC2CN(CCCN(C)C)c3c(c4cc(F)c(-c5cc(N)ccc5Cl)nc4n(-c4c(C)ccnc4C(C)C)c3=O)N2CC1C. The van der Waals surface area contributed by atoms with Crippen molar-refractivity contribution in [2.24, 2.45) is 0 Å². The van der Waals surface area contributed by atoms with Gasteiger partial charge in [0, 0.05) is 146 Å². The molecule has 137 heavy (non-hydrogen) atoms. The van der Waals surface area contributed by atoms with Crippen molar-refractivity contribution < 1.29 is 32.3 Å². The number of anilines is 9. The quantitative estimate of drug-likeness (QED) is 0.0516. The van der Waals surface area contributed by atoms with E-state index in [1.165, 1.54) is 47.1 Å². The minimum absolute atomic E-state index is 0.00310. The summed E-state index contributed by atoms with van der Waals surface area (Å²) in [5.74, 6) is -3.02. The number of benzene rings is 3. The van der Waals surface area contributed by atoms with Gasteiger partial charge in [-0.05, 0) is 212 Å². The second kappa shape index (κ2) is 38.1. The van der Waals surface area contributed by atoms with Gasteiger partial charge in [-0.15, -0.1) is 0 Å². The van der Waals surface area contributed by atoms with Crippen LogP contribution in [0.25, 0.3) is 83.9 Å². The fraction of sp³-hybridized carbons (Fsp3) is 0.343. The van der Waals surface area contributed by atoms with Gasteiger partial charge in [-0.2, -0.15) is 0 Å². The Labute approximate surface area is 806 Å². The number of nitrogens with two attached hydrogens (primary N) is 3. The van der Waals surface area contributed by atoms with Gasteiger partial charge in [0.15, 0.2) is 16.9 Å². The van der Waals surface area contributed by atoms with Crippen molar-refractivity contribution in [3.05, 3.63) is 245 Å². The summed E-state index contributed by atoms with van der Waals surface area (Å²) >= 11 is 19.6. The molecule has 0 spiro atoms. The van der Waals surface area contributed by atoms with Crippen LogP contribution >= 0.6 is 34.8 Å². The van der Waals surface area contributed by atoms with Crippen molar-refractivity contribution in [3.63, 3.8) is 0 Å². The van der Waals surface area contributed by atoms with Crippen molar-refractivity contribution in [2.75, 3.05) is 134 Å². The molecule has 6 aliphatic rings. The van der Waals surface area contributed by atoms with Gasteiger partial charge in [0.05, 0.1) is 84.9 Å². The second-order valence-electron chi connectivity index (χ2n) is 37.3. The number of aryl methyl sites for hydroxylation is 3. The summed E-state index contributed by atoms with van der Waals surface area (Å²) in [7, 11) is 5.89. The summed E-state index contributed by atoms with van der Waals surface area (Å²) in [5.41, 5.74) is 28.6. The summed E-state index contributed by atoms with van der Waals surface area (Å²) in [5, 5.41) is 4.87. The first kappa shape index (κ1) is 96.4. The highest BCUT2D eigenvalue weighted by atomic mass is 35.5. The van der Waals surface area contributed by atoms with Crippen molar-refractivity contribution in [2.45, 2.75) is 144 Å². The number of rotatable bonds is 16. The highest BCUT2D eigenvalue weighted by Gasteiger charge is 2.48. The first-order chi connectivity index (χ1) is 65.2. The Balaban J connectivity index is 0.000000149. The number of likely N-dealkylation sites (N-methyl/N-ethyl adjacent to an activating group) is 1.